The lowest BCUT2D eigenvalue weighted by molar-refractivity contribution is -0.119. The van der Waals surface area contributed by atoms with Crippen molar-refractivity contribution in [3.05, 3.63) is 64.4 Å². The van der Waals surface area contributed by atoms with Crippen molar-refractivity contribution >= 4 is 33.5 Å². The smallest absolute Gasteiger partial charge is 0.340 e. The third kappa shape index (κ3) is 4.12. The summed E-state index contributed by atoms with van der Waals surface area (Å²) in [6.45, 7) is 1.53. The fourth-order valence-electron chi connectivity index (χ4n) is 2.23. The summed E-state index contributed by atoms with van der Waals surface area (Å²) < 4.78 is 7.21. The molecule has 9 heteroatoms. The highest BCUT2D eigenvalue weighted by atomic mass is 79.9. The van der Waals surface area contributed by atoms with Crippen molar-refractivity contribution in [3.8, 4) is 5.69 Å². The van der Waals surface area contributed by atoms with Gasteiger partial charge in [0.05, 0.1) is 16.9 Å². The van der Waals surface area contributed by atoms with Crippen LogP contribution in [0.15, 0.2) is 53.3 Å². The Morgan fingerprint density at radius 2 is 2.04 bits per heavy atom. The Hall–Kier alpha value is -3.07. The topological polar surface area (TPSA) is 99.0 Å². The van der Waals surface area contributed by atoms with Gasteiger partial charge in [-0.2, -0.15) is 4.68 Å². The zero-order valence-electron chi connectivity index (χ0n) is 13.7. The maximum atomic E-state index is 12.3. The highest BCUT2D eigenvalue weighted by Crippen LogP contribution is 2.23. The maximum Gasteiger partial charge on any atom is 0.340 e. The van der Waals surface area contributed by atoms with Crippen LogP contribution < -0.4 is 5.32 Å². The number of tetrazole rings is 1. The first-order valence-corrected chi connectivity index (χ1v) is 8.39. The quantitative estimate of drug-likeness (QED) is 0.642. The van der Waals surface area contributed by atoms with Crippen LogP contribution in [0.5, 0.6) is 0 Å². The molecule has 0 spiro atoms. The van der Waals surface area contributed by atoms with Gasteiger partial charge in [-0.25, -0.2) is 4.79 Å². The molecule has 1 heterocycles. The molecular formula is C17H14BrN5O3. The summed E-state index contributed by atoms with van der Waals surface area (Å²) in [5, 5.41) is 13.5. The number of carbonyl (C=O) groups excluding carboxylic acids is 2. The number of nitrogens with one attached hydrogen (secondary N) is 1. The number of aromatic nitrogens is 4. The first-order chi connectivity index (χ1) is 12.5. The summed E-state index contributed by atoms with van der Waals surface area (Å²) in [4.78, 5) is 24.4. The number of hydrogen-bond acceptors (Lipinski definition) is 6. The number of nitrogens with zero attached hydrogens (tertiary/aromatic N) is 4. The first-order valence-electron chi connectivity index (χ1n) is 7.60. The van der Waals surface area contributed by atoms with E-state index in [1.165, 1.54) is 11.0 Å². The van der Waals surface area contributed by atoms with Gasteiger partial charge in [-0.05, 0) is 63.1 Å². The minimum Gasteiger partial charge on any atom is -0.452 e. The van der Waals surface area contributed by atoms with Gasteiger partial charge in [-0.15, -0.1) is 5.10 Å². The van der Waals surface area contributed by atoms with Crippen LogP contribution in [-0.2, 0) is 9.53 Å². The first kappa shape index (κ1) is 17.7. The molecule has 0 aliphatic heterocycles. The van der Waals surface area contributed by atoms with E-state index in [1.54, 1.807) is 30.3 Å². The fraction of sp³-hybridized carbons (Fsp3) is 0.118. The number of carbonyl (C=O) groups is 2. The van der Waals surface area contributed by atoms with Gasteiger partial charge in [0, 0.05) is 4.47 Å². The van der Waals surface area contributed by atoms with E-state index in [9.17, 15) is 9.59 Å². The summed E-state index contributed by atoms with van der Waals surface area (Å²) in [7, 11) is 0. The summed E-state index contributed by atoms with van der Waals surface area (Å²) in [5.41, 5.74) is 2.37. The summed E-state index contributed by atoms with van der Waals surface area (Å²) in [5.74, 6) is -1.09. The molecule has 0 aliphatic carbocycles. The normalized spacial score (nSPS) is 10.4. The van der Waals surface area contributed by atoms with Gasteiger partial charge in [-0.1, -0.05) is 18.2 Å². The number of esters is 1. The standard InChI is InChI=1S/C17H14BrN5O3/c1-11-6-7-14(13(18)8-11)20-16(24)9-26-17(25)12-4-2-3-5-15(12)23-10-19-21-22-23/h2-8,10H,9H2,1H3,(H,20,24). The zero-order valence-corrected chi connectivity index (χ0v) is 15.3. The van der Waals surface area contributed by atoms with Gasteiger partial charge in [0.25, 0.3) is 5.91 Å². The lowest BCUT2D eigenvalue weighted by atomic mass is 10.2. The van der Waals surface area contributed by atoms with Gasteiger partial charge in [0.2, 0.25) is 0 Å². The highest BCUT2D eigenvalue weighted by molar-refractivity contribution is 9.10. The minimum atomic E-state index is -0.644. The Labute approximate surface area is 157 Å². The lowest BCUT2D eigenvalue weighted by Gasteiger charge is -2.10. The Morgan fingerprint density at radius 1 is 1.23 bits per heavy atom. The average molecular weight is 416 g/mol. The molecule has 1 N–H and O–H groups in total. The summed E-state index contributed by atoms with van der Waals surface area (Å²) in [6, 6.07) is 12.2. The molecule has 3 aromatic rings. The molecule has 0 saturated carbocycles. The Kier molecular flexibility index (Phi) is 5.37. The van der Waals surface area contributed by atoms with Gasteiger partial charge < -0.3 is 10.1 Å². The monoisotopic (exact) mass is 415 g/mol. The van der Waals surface area contributed by atoms with Crippen molar-refractivity contribution in [2.24, 2.45) is 0 Å². The largest absolute Gasteiger partial charge is 0.452 e. The molecule has 0 bridgehead atoms. The Balaban J connectivity index is 1.65. The van der Waals surface area contributed by atoms with E-state index in [-0.39, 0.29) is 5.56 Å². The minimum absolute atomic E-state index is 0.254. The predicted octanol–water partition coefficient (Wildman–Crippen LogP) is 2.53. The van der Waals surface area contributed by atoms with Crippen molar-refractivity contribution < 1.29 is 14.3 Å². The summed E-state index contributed by atoms with van der Waals surface area (Å²) in [6.07, 6.45) is 1.37. The van der Waals surface area contributed by atoms with Crippen LogP contribution >= 0.6 is 15.9 Å². The number of halogens is 1. The second-order valence-corrected chi connectivity index (χ2v) is 6.23. The molecular weight excluding hydrogens is 402 g/mol. The number of aryl methyl sites for hydroxylation is 1. The summed E-state index contributed by atoms with van der Waals surface area (Å²) >= 11 is 3.38. The van der Waals surface area contributed by atoms with Crippen molar-refractivity contribution in [2.45, 2.75) is 6.92 Å². The van der Waals surface area contributed by atoms with E-state index < -0.39 is 18.5 Å². The molecule has 0 fully saturated rings. The molecule has 0 unspecified atom stereocenters. The third-order valence-electron chi connectivity index (χ3n) is 3.45. The van der Waals surface area contributed by atoms with Gasteiger partial charge in [0.1, 0.15) is 6.33 Å². The number of ether oxygens (including phenoxy) is 1. The molecule has 1 amide bonds. The van der Waals surface area contributed by atoms with Gasteiger partial charge >= 0.3 is 5.97 Å². The second kappa shape index (κ2) is 7.87. The molecule has 0 radical (unpaired) electrons. The Bertz CT molecular complexity index is 943. The van der Waals surface area contributed by atoms with Crippen molar-refractivity contribution in [3.63, 3.8) is 0 Å². The number of hydrogen-bond donors (Lipinski definition) is 1. The molecule has 0 aliphatic rings. The van der Waals surface area contributed by atoms with E-state index in [0.29, 0.717) is 11.4 Å². The SMILES string of the molecule is Cc1ccc(NC(=O)COC(=O)c2ccccc2-n2cnnn2)c(Br)c1. The van der Waals surface area contributed by atoms with Crippen LogP contribution in [0.4, 0.5) is 5.69 Å². The van der Waals surface area contributed by atoms with Crippen LogP contribution in [0.25, 0.3) is 5.69 Å². The number of anilines is 1. The predicted molar refractivity (Wildman–Crippen MR) is 96.9 cm³/mol. The number of benzene rings is 2. The number of amides is 1. The molecule has 0 saturated heterocycles. The van der Waals surface area contributed by atoms with E-state index in [0.717, 1.165) is 10.0 Å². The van der Waals surface area contributed by atoms with Crippen LogP contribution in [0, 0.1) is 6.92 Å². The molecule has 8 nitrogen and oxygen atoms in total. The molecule has 132 valence electrons. The van der Waals surface area contributed by atoms with Crippen molar-refractivity contribution in [1.29, 1.82) is 0 Å². The zero-order chi connectivity index (χ0) is 18.5. The second-order valence-electron chi connectivity index (χ2n) is 5.38. The van der Waals surface area contributed by atoms with Crippen molar-refractivity contribution in [1.82, 2.24) is 20.2 Å². The van der Waals surface area contributed by atoms with Crippen LogP contribution in [0.3, 0.4) is 0 Å². The van der Waals surface area contributed by atoms with Gasteiger partial charge in [0.15, 0.2) is 6.61 Å². The molecule has 1 aromatic heterocycles. The maximum absolute atomic E-state index is 12.3. The van der Waals surface area contributed by atoms with E-state index in [1.807, 2.05) is 19.1 Å². The molecule has 3 rings (SSSR count). The molecule has 0 atom stereocenters. The highest BCUT2D eigenvalue weighted by Gasteiger charge is 2.16. The molecule has 2 aromatic carbocycles. The number of rotatable bonds is 5. The van der Waals surface area contributed by atoms with Crippen LogP contribution in [0.1, 0.15) is 15.9 Å². The molecule has 26 heavy (non-hydrogen) atoms. The van der Waals surface area contributed by atoms with Gasteiger partial charge in [-0.3, -0.25) is 4.79 Å². The Morgan fingerprint density at radius 3 is 2.77 bits per heavy atom. The van der Waals surface area contributed by atoms with E-state index in [2.05, 4.69) is 36.8 Å². The van der Waals surface area contributed by atoms with E-state index in [4.69, 9.17) is 4.74 Å². The van der Waals surface area contributed by atoms with E-state index >= 15 is 0 Å². The lowest BCUT2D eigenvalue weighted by Crippen LogP contribution is -2.21. The number of para-hydroxylation sites is 1. The third-order valence-corrected chi connectivity index (χ3v) is 4.11. The van der Waals surface area contributed by atoms with Crippen LogP contribution in [-0.4, -0.2) is 38.7 Å². The fourth-order valence-corrected chi connectivity index (χ4v) is 2.83. The van der Waals surface area contributed by atoms with Crippen LogP contribution in [0.2, 0.25) is 0 Å². The van der Waals surface area contributed by atoms with Crippen molar-refractivity contribution in [2.75, 3.05) is 11.9 Å². The average Bonchev–Trinajstić information content (AvgIpc) is 3.16.